The van der Waals surface area contributed by atoms with Crippen LogP contribution in [0.15, 0.2) is 43.0 Å². The Hall–Kier alpha value is -3.81. The lowest BCUT2D eigenvalue weighted by Gasteiger charge is -2.18. The zero-order valence-electron chi connectivity index (χ0n) is 18.4. The number of aromatic carboxylic acids is 1. The number of ether oxygens (including phenoxy) is 1. The van der Waals surface area contributed by atoms with Crippen molar-refractivity contribution < 1.29 is 24.5 Å². The number of carbonyl (C=O) groups is 2. The maximum absolute atomic E-state index is 12.5. The summed E-state index contributed by atoms with van der Waals surface area (Å²) in [5.41, 5.74) is 2.22. The Kier molecular flexibility index (Phi) is 6.53. The Bertz CT molecular complexity index is 1150. The lowest BCUT2D eigenvalue weighted by molar-refractivity contribution is 0.0696. The second-order valence-corrected chi connectivity index (χ2v) is 8.69. The number of ketones is 1. The molecule has 0 saturated heterocycles. The monoisotopic (exact) mass is 435 g/mol. The quantitative estimate of drug-likeness (QED) is 0.522. The number of aromatic nitrogens is 3. The zero-order valence-corrected chi connectivity index (χ0v) is 18.4. The molecule has 0 atom stereocenters. The molecule has 2 N–H and O–H groups in total. The van der Waals surface area contributed by atoms with Gasteiger partial charge in [-0.05, 0) is 30.5 Å². The fraction of sp³-hybridized carbons (Fsp3) is 0.292. The van der Waals surface area contributed by atoms with E-state index in [1.54, 1.807) is 19.1 Å². The largest absolute Gasteiger partial charge is 0.507 e. The lowest BCUT2D eigenvalue weighted by Crippen LogP contribution is -2.13. The molecule has 0 aliphatic carbocycles. The molecule has 2 heterocycles. The number of carbonyl (C=O) groups excluding carboxylic acids is 1. The van der Waals surface area contributed by atoms with E-state index in [-0.39, 0.29) is 34.7 Å². The van der Waals surface area contributed by atoms with E-state index in [1.165, 1.54) is 30.9 Å². The average Bonchev–Trinajstić information content (AvgIpc) is 2.74. The van der Waals surface area contributed by atoms with E-state index in [0.29, 0.717) is 34.7 Å². The van der Waals surface area contributed by atoms with E-state index < -0.39 is 5.97 Å². The van der Waals surface area contributed by atoms with Gasteiger partial charge in [-0.1, -0.05) is 20.8 Å². The van der Waals surface area contributed by atoms with Crippen molar-refractivity contribution in [3.05, 3.63) is 65.4 Å². The molecule has 0 spiro atoms. The molecule has 32 heavy (non-hydrogen) atoms. The molecule has 8 heteroatoms. The van der Waals surface area contributed by atoms with Crippen LogP contribution in [0.4, 0.5) is 0 Å². The molecular weight excluding hydrogens is 410 g/mol. The van der Waals surface area contributed by atoms with Crippen molar-refractivity contribution in [1.82, 2.24) is 15.0 Å². The van der Waals surface area contributed by atoms with Gasteiger partial charge < -0.3 is 14.9 Å². The number of phenols is 1. The Morgan fingerprint density at radius 2 is 1.81 bits per heavy atom. The van der Waals surface area contributed by atoms with Crippen LogP contribution in [0, 0.1) is 12.3 Å². The van der Waals surface area contributed by atoms with Gasteiger partial charge >= 0.3 is 5.97 Å². The minimum Gasteiger partial charge on any atom is -0.507 e. The minimum absolute atomic E-state index is 0.0661. The van der Waals surface area contributed by atoms with Crippen LogP contribution < -0.4 is 4.74 Å². The van der Waals surface area contributed by atoms with Gasteiger partial charge in [0, 0.05) is 29.9 Å². The van der Waals surface area contributed by atoms with E-state index in [4.69, 9.17) is 9.84 Å². The average molecular weight is 435 g/mol. The first-order valence-electron chi connectivity index (χ1n) is 10.0. The summed E-state index contributed by atoms with van der Waals surface area (Å²) in [6.45, 7) is 7.71. The van der Waals surface area contributed by atoms with Crippen molar-refractivity contribution in [2.45, 2.75) is 40.7 Å². The molecule has 0 radical (unpaired) electrons. The predicted octanol–water partition coefficient (Wildman–Crippen LogP) is 4.45. The molecule has 0 aliphatic rings. The van der Waals surface area contributed by atoms with Gasteiger partial charge in [0.15, 0.2) is 5.78 Å². The van der Waals surface area contributed by atoms with E-state index in [9.17, 15) is 14.7 Å². The lowest BCUT2D eigenvalue weighted by atomic mass is 9.87. The first-order chi connectivity index (χ1) is 15.0. The smallest absolute Gasteiger partial charge is 0.337 e. The van der Waals surface area contributed by atoms with Crippen LogP contribution >= 0.6 is 0 Å². The second-order valence-electron chi connectivity index (χ2n) is 8.69. The number of carboxylic acids is 1. The van der Waals surface area contributed by atoms with Crippen molar-refractivity contribution in [1.29, 1.82) is 0 Å². The highest BCUT2D eigenvalue weighted by molar-refractivity contribution is 5.99. The normalized spacial score (nSPS) is 11.2. The minimum atomic E-state index is -1.07. The number of hydrogen-bond acceptors (Lipinski definition) is 7. The molecule has 2 aromatic heterocycles. The molecule has 3 rings (SSSR count). The van der Waals surface area contributed by atoms with Gasteiger partial charge in [-0.3, -0.25) is 19.7 Å². The fourth-order valence-corrected chi connectivity index (χ4v) is 3.07. The van der Waals surface area contributed by atoms with Crippen molar-refractivity contribution in [3.63, 3.8) is 0 Å². The molecule has 0 bridgehead atoms. The van der Waals surface area contributed by atoms with Gasteiger partial charge in [0.1, 0.15) is 18.1 Å². The van der Waals surface area contributed by atoms with E-state index >= 15 is 0 Å². The van der Waals surface area contributed by atoms with Crippen LogP contribution in [-0.4, -0.2) is 36.9 Å². The number of carboxylic acid groups (broad SMARTS) is 1. The Morgan fingerprint density at radius 1 is 1.06 bits per heavy atom. The highest BCUT2D eigenvalue weighted by Gasteiger charge is 2.21. The number of benzene rings is 1. The number of rotatable bonds is 7. The summed E-state index contributed by atoms with van der Waals surface area (Å²) >= 11 is 0. The Morgan fingerprint density at radius 3 is 2.44 bits per heavy atom. The van der Waals surface area contributed by atoms with Crippen LogP contribution in [0.3, 0.4) is 0 Å². The summed E-state index contributed by atoms with van der Waals surface area (Å²) in [4.78, 5) is 36.1. The van der Waals surface area contributed by atoms with Gasteiger partial charge in [-0.2, -0.15) is 0 Å². The summed E-state index contributed by atoms with van der Waals surface area (Å²) in [5.74, 6) is -0.822. The molecule has 0 unspecified atom stereocenters. The van der Waals surface area contributed by atoms with Crippen LogP contribution in [-0.2, 0) is 6.61 Å². The van der Waals surface area contributed by atoms with Gasteiger partial charge in [0.05, 0.1) is 34.9 Å². The number of phenolic OH excluding ortho intramolecular Hbond substituents is 1. The molecule has 1 aromatic carbocycles. The summed E-state index contributed by atoms with van der Waals surface area (Å²) < 4.78 is 5.77. The molecule has 0 amide bonds. The van der Waals surface area contributed by atoms with Crippen LogP contribution in [0.1, 0.15) is 59.2 Å². The third kappa shape index (κ3) is 5.46. The second kappa shape index (κ2) is 9.13. The Labute approximate surface area is 186 Å². The van der Waals surface area contributed by atoms with Crippen molar-refractivity contribution in [2.24, 2.45) is 5.41 Å². The first kappa shape index (κ1) is 22.9. The molecule has 166 valence electrons. The standard InChI is InChI=1S/C24H25N3O5/c1-14-21(6-5-18(22(14)29)20(28)8-24(2,3)4)32-13-17-11-27-19(12-26-17)15-7-16(23(30)31)10-25-9-15/h5-7,9-12,29H,8,13H2,1-4H3,(H,30,31). The predicted molar refractivity (Wildman–Crippen MR) is 118 cm³/mol. The molecule has 8 nitrogen and oxygen atoms in total. The zero-order chi connectivity index (χ0) is 23.5. The summed E-state index contributed by atoms with van der Waals surface area (Å²) in [6.07, 6.45) is 6.15. The number of aromatic hydroxyl groups is 1. The maximum Gasteiger partial charge on any atom is 0.337 e. The summed E-state index contributed by atoms with van der Waals surface area (Å²) in [7, 11) is 0. The fourth-order valence-electron chi connectivity index (χ4n) is 3.07. The molecule has 0 fully saturated rings. The first-order valence-corrected chi connectivity index (χ1v) is 10.0. The van der Waals surface area contributed by atoms with Gasteiger partial charge in [0.25, 0.3) is 0 Å². The third-order valence-corrected chi connectivity index (χ3v) is 4.73. The third-order valence-electron chi connectivity index (χ3n) is 4.73. The van der Waals surface area contributed by atoms with Gasteiger partial charge in [-0.15, -0.1) is 0 Å². The molecular formula is C24H25N3O5. The van der Waals surface area contributed by atoms with Crippen LogP contribution in [0.2, 0.25) is 0 Å². The highest BCUT2D eigenvalue weighted by atomic mass is 16.5. The molecule has 0 aliphatic heterocycles. The van der Waals surface area contributed by atoms with Crippen LogP contribution in [0.5, 0.6) is 11.5 Å². The van der Waals surface area contributed by atoms with Crippen LogP contribution in [0.25, 0.3) is 11.3 Å². The van der Waals surface area contributed by atoms with Crippen molar-refractivity contribution in [3.8, 4) is 22.8 Å². The van der Waals surface area contributed by atoms with E-state index in [0.717, 1.165) is 0 Å². The van der Waals surface area contributed by atoms with E-state index in [2.05, 4.69) is 15.0 Å². The van der Waals surface area contributed by atoms with Gasteiger partial charge in [0.2, 0.25) is 0 Å². The molecule has 0 saturated carbocycles. The van der Waals surface area contributed by atoms with Crippen molar-refractivity contribution >= 4 is 11.8 Å². The topological polar surface area (TPSA) is 123 Å². The summed E-state index contributed by atoms with van der Waals surface area (Å²) in [6, 6.07) is 4.71. The molecule has 3 aromatic rings. The number of Topliss-reactive ketones (excluding diaryl/α,β-unsaturated/α-hetero) is 1. The number of pyridine rings is 1. The SMILES string of the molecule is Cc1c(OCc2cnc(-c3cncc(C(=O)O)c3)cn2)ccc(C(=O)CC(C)(C)C)c1O. The summed E-state index contributed by atoms with van der Waals surface area (Å²) in [5, 5.41) is 19.6. The van der Waals surface area contributed by atoms with Crippen molar-refractivity contribution in [2.75, 3.05) is 0 Å². The van der Waals surface area contributed by atoms with Gasteiger partial charge in [-0.25, -0.2) is 4.79 Å². The highest BCUT2D eigenvalue weighted by Crippen LogP contribution is 2.33. The maximum atomic E-state index is 12.5. The van der Waals surface area contributed by atoms with E-state index in [1.807, 2.05) is 20.8 Å². The number of nitrogens with zero attached hydrogens (tertiary/aromatic N) is 3. The number of hydrogen-bond donors (Lipinski definition) is 2. The Balaban J connectivity index is 1.70.